The standard InChI is InChI=1S/C29H31N5O3S/c1-29(2,35)28-31-24-25(34(28)21-14-17-33(18-15-21)19-20-9-5-3-6-10-20)23-13-16-30-26(23)32-27(24)38(36,37)22-11-7-4-8-12-22/h3-13,16,21,35H,14-15,17-19H2,1-2H3,(H,30,32). The van der Waals surface area contributed by atoms with Crippen molar-refractivity contribution in [1.29, 1.82) is 0 Å². The van der Waals surface area contributed by atoms with Crippen molar-refractivity contribution in [3.8, 4) is 0 Å². The van der Waals surface area contributed by atoms with E-state index in [2.05, 4.69) is 43.7 Å². The second kappa shape index (κ2) is 9.34. The van der Waals surface area contributed by atoms with Gasteiger partial charge in [-0.05, 0) is 50.5 Å². The summed E-state index contributed by atoms with van der Waals surface area (Å²) in [5.41, 5.74) is 1.48. The third kappa shape index (κ3) is 4.30. The number of fused-ring (bicyclic) bond motifs is 3. The van der Waals surface area contributed by atoms with Gasteiger partial charge in [-0.15, -0.1) is 0 Å². The number of nitrogens with one attached hydrogen (secondary N) is 1. The highest BCUT2D eigenvalue weighted by Gasteiger charge is 2.35. The Kier molecular flexibility index (Phi) is 6.09. The molecule has 0 atom stereocenters. The molecule has 196 valence electrons. The fourth-order valence-corrected chi connectivity index (χ4v) is 6.85. The summed E-state index contributed by atoms with van der Waals surface area (Å²) in [4.78, 5) is 15.1. The molecule has 5 aromatic rings. The van der Waals surface area contributed by atoms with Crippen LogP contribution in [0.5, 0.6) is 0 Å². The van der Waals surface area contributed by atoms with E-state index in [0.29, 0.717) is 22.5 Å². The van der Waals surface area contributed by atoms with Gasteiger partial charge in [0.05, 0.1) is 10.4 Å². The Morgan fingerprint density at radius 2 is 1.63 bits per heavy atom. The number of H-pyrrole nitrogens is 1. The van der Waals surface area contributed by atoms with E-state index in [1.165, 1.54) is 5.56 Å². The summed E-state index contributed by atoms with van der Waals surface area (Å²) in [6, 6.07) is 20.7. The number of aromatic amines is 1. The zero-order valence-electron chi connectivity index (χ0n) is 21.5. The van der Waals surface area contributed by atoms with Crippen molar-refractivity contribution in [1.82, 2.24) is 24.4 Å². The SMILES string of the molecule is CC(C)(O)c1nc2c(S(=O)(=O)c3ccccc3)nc3[nH]ccc3c2n1C1CCN(Cc2ccccc2)CC1. The van der Waals surface area contributed by atoms with Gasteiger partial charge in [-0.1, -0.05) is 48.5 Å². The largest absolute Gasteiger partial charge is 0.383 e. The lowest BCUT2D eigenvalue weighted by atomic mass is 10.0. The maximum atomic E-state index is 13.8. The van der Waals surface area contributed by atoms with Crippen LogP contribution in [0.1, 0.15) is 44.1 Å². The number of benzene rings is 2. The number of likely N-dealkylation sites (tertiary alicyclic amines) is 1. The summed E-state index contributed by atoms with van der Waals surface area (Å²) in [7, 11) is -3.95. The molecule has 6 rings (SSSR count). The van der Waals surface area contributed by atoms with Crippen molar-refractivity contribution in [3.05, 3.63) is 84.3 Å². The van der Waals surface area contributed by atoms with Crippen molar-refractivity contribution >= 4 is 31.9 Å². The van der Waals surface area contributed by atoms with Gasteiger partial charge in [0.1, 0.15) is 22.6 Å². The van der Waals surface area contributed by atoms with Crippen LogP contribution in [0, 0.1) is 0 Å². The Balaban J connectivity index is 1.48. The summed E-state index contributed by atoms with van der Waals surface area (Å²) in [5, 5.41) is 11.9. The third-order valence-corrected chi connectivity index (χ3v) is 9.02. The van der Waals surface area contributed by atoms with Crippen molar-refractivity contribution in [2.24, 2.45) is 0 Å². The Morgan fingerprint density at radius 3 is 2.29 bits per heavy atom. The summed E-state index contributed by atoms with van der Waals surface area (Å²) in [6.07, 6.45) is 3.48. The van der Waals surface area contributed by atoms with Crippen LogP contribution in [-0.2, 0) is 22.0 Å². The molecule has 3 aromatic heterocycles. The first-order valence-electron chi connectivity index (χ1n) is 12.9. The van der Waals surface area contributed by atoms with E-state index in [1.807, 2.05) is 12.1 Å². The Bertz CT molecular complexity index is 1700. The van der Waals surface area contributed by atoms with Gasteiger partial charge in [0.2, 0.25) is 9.84 Å². The first-order valence-corrected chi connectivity index (χ1v) is 14.4. The van der Waals surface area contributed by atoms with Crippen LogP contribution in [0.4, 0.5) is 0 Å². The summed E-state index contributed by atoms with van der Waals surface area (Å²) < 4.78 is 29.6. The molecule has 1 saturated heterocycles. The molecule has 2 aromatic carbocycles. The zero-order chi connectivity index (χ0) is 26.5. The van der Waals surface area contributed by atoms with E-state index in [4.69, 9.17) is 4.98 Å². The summed E-state index contributed by atoms with van der Waals surface area (Å²) in [6.45, 7) is 6.06. The van der Waals surface area contributed by atoms with Gasteiger partial charge in [-0.2, -0.15) is 0 Å². The molecule has 0 saturated carbocycles. The van der Waals surface area contributed by atoms with Gasteiger partial charge in [-0.25, -0.2) is 18.4 Å². The normalized spacial score (nSPS) is 16.0. The van der Waals surface area contributed by atoms with E-state index < -0.39 is 15.4 Å². The quantitative estimate of drug-likeness (QED) is 0.327. The fourth-order valence-electron chi connectivity index (χ4n) is 5.50. The van der Waals surface area contributed by atoms with Gasteiger partial charge in [0.15, 0.2) is 5.03 Å². The van der Waals surface area contributed by atoms with Crippen molar-refractivity contribution in [3.63, 3.8) is 0 Å². The molecule has 0 unspecified atom stereocenters. The highest BCUT2D eigenvalue weighted by atomic mass is 32.2. The van der Waals surface area contributed by atoms with Gasteiger partial charge >= 0.3 is 0 Å². The van der Waals surface area contributed by atoms with Crippen molar-refractivity contribution in [2.45, 2.75) is 54.8 Å². The van der Waals surface area contributed by atoms with E-state index >= 15 is 0 Å². The summed E-state index contributed by atoms with van der Waals surface area (Å²) in [5.74, 6) is 0.453. The fraction of sp³-hybridized carbons (Fsp3) is 0.310. The van der Waals surface area contributed by atoms with Crippen LogP contribution in [-0.4, -0.2) is 51.0 Å². The van der Waals surface area contributed by atoms with E-state index in [1.54, 1.807) is 50.4 Å². The molecule has 1 aliphatic heterocycles. The maximum Gasteiger partial charge on any atom is 0.226 e. The molecule has 0 aliphatic carbocycles. The Hall–Kier alpha value is -3.53. The molecule has 4 heterocycles. The number of piperidine rings is 1. The van der Waals surface area contributed by atoms with Gasteiger partial charge in [-0.3, -0.25) is 4.90 Å². The van der Waals surface area contributed by atoms with E-state index in [-0.39, 0.29) is 16.0 Å². The molecule has 2 N–H and O–H groups in total. The molecule has 0 spiro atoms. The lowest BCUT2D eigenvalue weighted by Gasteiger charge is -2.35. The molecule has 1 fully saturated rings. The molecule has 0 radical (unpaired) electrons. The highest BCUT2D eigenvalue weighted by molar-refractivity contribution is 7.91. The van der Waals surface area contributed by atoms with E-state index in [9.17, 15) is 13.5 Å². The number of hydrogen-bond donors (Lipinski definition) is 2. The highest BCUT2D eigenvalue weighted by Crippen LogP contribution is 2.39. The second-order valence-corrected chi connectivity index (χ2v) is 12.4. The van der Waals surface area contributed by atoms with Crippen molar-refractivity contribution < 1.29 is 13.5 Å². The maximum absolute atomic E-state index is 13.8. The lowest BCUT2D eigenvalue weighted by Crippen LogP contribution is -2.35. The number of imidazole rings is 1. The Morgan fingerprint density at radius 1 is 0.974 bits per heavy atom. The predicted molar refractivity (Wildman–Crippen MR) is 147 cm³/mol. The predicted octanol–water partition coefficient (Wildman–Crippen LogP) is 4.81. The molecule has 9 heteroatoms. The average molecular weight is 530 g/mol. The number of aromatic nitrogens is 4. The smallest absolute Gasteiger partial charge is 0.226 e. The number of sulfone groups is 1. The lowest BCUT2D eigenvalue weighted by molar-refractivity contribution is 0.0605. The van der Waals surface area contributed by atoms with Gasteiger partial charge in [0, 0.05) is 37.3 Å². The Labute approximate surface area is 221 Å². The molecule has 0 bridgehead atoms. The van der Waals surface area contributed by atoms with Gasteiger partial charge in [0.25, 0.3) is 0 Å². The minimum absolute atomic E-state index is 0.0567. The molecule has 8 nitrogen and oxygen atoms in total. The third-order valence-electron chi connectivity index (χ3n) is 7.33. The minimum Gasteiger partial charge on any atom is -0.383 e. The van der Waals surface area contributed by atoms with Crippen LogP contribution in [0.3, 0.4) is 0 Å². The van der Waals surface area contributed by atoms with Gasteiger partial charge < -0.3 is 14.7 Å². The van der Waals surface area contributed by atoms with Crippen LogP contribution < -0.4 is 0 Å². The molecule has 38 heavy (non-hydrogen) atoms. The van der Waals surface area contributed by atoms with Crippen molar-refractivity contribution in [2.75, 3.05) is 13.1 Å². The first kappa shape index (κ1) is 24.8. The topological polar surface area (TPSA) is 104 Å². The monoisotopic (exact) mass is 529 g/mol. The molecular weight excluding hydrogens is 498 g/mol. The van der Waals surface area contributed by atoms with Crippen LogP contribution >= 0.6 is 0 Å². The number of nitrogens with zero attached hydrogens (tertiary/aromatic N) is 4. The summed E-state index contributed by atoms with van der Waals surface area (Å²) >= 11 is 0. The average Bonchev–Trinajstić information content (AvgIpc) is 3.54. The van der Waals surface area contributed by atoms with E-state index in [0.717, 1.165) is 37.9 Å². The van der Waals surface area contributed by atoms with Crippen LogP contribution in [0.15, 0.2) is 82.8 Å². The first-order chi connectivity index (χ1) is 18.2. The molecule has 1 aliphatic rings. The zero-order valence-corrected chi connectivity index (χ0v) is 22.3. The minimum atomic E-state index is -3.95. The molecular formula is C29H31N5O3S. The van der Waals surface area contributed by atoms with Crippen LogP contribution in [0.2, 0.25) is 0 Å². The van der Waals surface area contributed by atoms with Crippen LogP contribution in [0.25, 0.3) is 22.1 Å². The number of aliphatic hydroxyl groups is 1. The molecule has 0 amide bonds. The second-order valence-electron chi connectivity index (χ2n) is 10.5. The number of rotatable bonds is 6. The number of pyridine rings is 1. The number of hydrogen-bond acceptors (Lipinski definition) is 6.